The van der Waals surface area contributed by atoms with Gasteiger partial charge in [0.05, 0.1) is 0 Å². The van der Waals surface area contributed by atoms with Crippen LogP contribution in [0, 0.1) is 5.41 Å². The second-order valence-corrected chi connectivity index (χ2v) is 7.31. The average Bonchev–Trinajstić information content (AvgIpc) is 2.86. The van der Waals surface area contributed by atoms with Crippen LogP contribution in [-0.4, -0.2) is 20.3 Å². The number of nitrogens with one attached hydrogen (secondary N) is 1. The molecule has 0 aliphatic rings. The van der Waals surface area contributed by atoms with Gasteiger partial charge in [-0.05, 0) is 36.3 Å². The molecule has 0 fully saturated rings. The maximum Gasteiger partial charge on any atom is 0.0467 e. The van der Waals surface area contributed by atoms with Crippen molar-refractivity contribution >= 4 is 21.4 Å². The van der Waals surface area contributed by atoms with Gasteiger partial charge in [0.15, 0.2) is 0 Å². The molecular formula is C17H25NOS. The van der Waals surface area contributed by atoms with Gasteiger partial charge >= 0.3 is 0 Å². The smallest absolute Gasteiger partial charge is 0.0467 e. The molecular weight excluding hydrogens is 266 g/mol. The molecule has 2 nitrogen and oxygen atoms in total. The fourth-order valence-corrected chi connectivity index (χ4v) is 3.30. The van der Waals surface area contributed by atoms with Crippen molar-refractivity contribution < 1.29 is 4.74 Å². The monoisotopic (exact) mass is 291 g/mol. The molecule has 0 radical (unpaired) electrons. The number of hydrogen-bond donors (Lipinski definition) is 1. The van der Waals surface area contributed by atoms with Crippen LogP contribution in [0.4, 0.5) is 0 Å². The summed E-state index contributed by atoms with van der Waals surface area (Å²) in [5, 5.41) is 5.01. The van der Waals surface area contributed by atoms with Gasteiger partial charge in [0.25, 0.3) is 0 Å². The van der Waals surface area contributed by atoms with Crippen LogP contribution in [0.5, 0.6) is 0 Å². The van der Waals surface area contributed by atoms with Crippen LogP contribution in [0.3, 0.4) is 0 Å². The van der Waals surface area contributed by atoms with Gasteiger partial charge in [0, 0.05) is 35.9 Å². The van der Waals surface area contributed by atoms with E-state index in [2.05, 4.69) is 56.4 Å². The minimum absolute atomic E-state index is 0.265. The molecule has 1 atom stereocenters. The van der Waals surface area contributed by atoms with Crippen LogP contribution >= 0.6 is 11.3 Å². The zero-order chi connectivity index (χ0) is 14.6. The van der Waals surface area contributed by atoms with Crippen LogP contribution < -0.4 is 5.32 Å². The zero-order valence-electron chi connectivity index (χ0n) is 12.9. The molecule has 0 bridgehead atoms. The highest BCUT2D eigenvalue weighted by Crippen LogP contribution is 2.30. The maximum atomic E-state index is 5.18. The van der Waals surface area contributed by atoms with Crippen LogP contribution in [0.25, 0.3) is 10.1 Å². The van der Waals surface area contributed by atoms with Gasteiger partial charge < -0.3 is 10.1 Å². The predicted molar refractivity (Wildman–Crippen MR) is 88.5 cm³/mol. The fourth-order valence-electron chi connectivity index (χ4n) is 2.21. The van der Waals surface area contributed by atoms with Gasteiger partial charge in [-0.2, -0.15) is 0 Å². The molecule has 0 saturated carbocycles. The summed E-state index contributed by atoms with van der Waals surface area (Å²) in [5.74, 6) is 0. The van der Waals surface area contributed by atoms with E-state index in [0.717, 1.165) is 19.6 Å². The molecule has 3 heteroatoms. The van der Waals surface area contributed by atoms with Gasteiger partial charge in [-0.1, -0.05) is 32.0 Å². The Balaban J connectivity index is 1.96. The third-order valence-electron chi connectivity index (χ3n) is 3.74. The number of hydrogen-bond acceptors (Lipinski definition) is 3. The first kappa shape index (κ1) is 15.5. The summed E-state index contributed by atoms with van der Waals surface area (Å²) in [6.45, 7) is 8.65. The summed E-state index contributed by atoms with van der Waals surface area (Å²) in [6, 6.07) is 11.3. The van der Waals surface area contributed by atoms with Crippen molar-refractivity contribution in [2.45, 2.75) is 33.2 Å². The first-order valence-electron chi connectivity index (χ1n) is 7.23. The van der Waals surface area contributed by atoms with Gasteiger partial charge in [-0.15, -0.1) is 11.3 Å². The van der Waals surface area contributed by atoms with Crippen LogP contribution in [0.2, 0.25) is 0 Å². The highest BCUT2D eigenvalue weighted by Gasteiger charge is 2.19. The second kappa shape index (κ2) is 6.70. The molecule has 2 aromatic rings. The molecule has 1 N–H and O–H groups in total. The molecule has 110 valence electrons. The molecule has 1 aromatic carbocycles. The minimum Gasteiger partial charge on any atom is -0.385 e. The van der Waals surface area contributed by atoms with E-state index in [4.69, 9.17) is 4.74 Å². The maximum absolute atomic E-state index is 5.18. The third-order valence-corrected chi connectivity index (χ3v) is 5.04. The molecule has 0 spiro atoms. The van der Waals surface area contributed by atoms with Crippen molar-refractivity contribution in [2.24, 2.45) is 5.41 Å². The van der Waals surface area contributed by atoms with E-state index >= 15 is 0 Å². The van der Waals surface area contributed by atoms with Gasteiger partial charge in [-0.25, -0.2) is 0 Å². The SMILES string of the molecule is COCCC(C)(C)CNC(C)c1cc2ccccc2s1. The van der Waals surface area contributed by atoms with E-state index in [-0.39, 0.29) is 5.41 Å². The molecule has 1 heterocycles. The quantitative estimate of drug-likeness (QED) is 0.804. The normalized spacial score (nSPS) is 13.8. The van der Waals surface area contributed by atoms with Crippen molar-refractivity contribution in [1.29, 1.82) is 0 Å². The van der Waals surface area contributed by atoms with Crippen LogP contribution in [-0.2, 0) is 4.74 Å². The highest BCUT2D eigenvalue weighted by atomic mass is 32.1. The molecule has 20 heavy (non-hydrogen) atoms. The minimum atomic E-state index is 0.265. The largest absolute Gasteiger partial charge is 0.385 e. The average molecular weight is 291 g/mol. The predicted octanol–water partition coefficient (Wildman–Crippen LogP) is 4.61. The number of thiophene rings is 1. The lowest BCUT2D eigenvalue weighted by Crippen LogP contribution is -2.31. The molecule has 1 unspecified atom stereocenters. The Labute approximate surface area is 126 Å². The Kier molecular flexibility index (Phi) is 5.19. The van der Waals surface area contributed by atoms with E-state index in [0.29, 0.717) is 6.04 Å². The molecule has 0 aliphatic heterocycles. The summed E-state index contributed by atoms with van der Waals surface area (Å²) in [7, 11) is 1.77. The molecule has 1 aromatic heterocycles. The first-order valence-corrected chi connectivity index (χ1v) is 8.04. The summed E-state index contributed by atoms with van der Waals surface area (Å²) >= 11 is 1.89. The Morgan fingerprint density at radius 2 is 2.05 bits per heavy atom. The lowest BCUT2D eigenvalue weighted by Gasteiger charge is -2.26. The topological polar surface area (TPSA) is 21.3 Å². The van der Waals surface area contributed by atoms with E-state index in [1.54, 1.807) is 7.11 Å². The second-order valence-electron chi connectivity index (χ2n) is 6.20. The van der Waals surface area contributed by atoms with Crippen molar-refractivity contribution in [3.63, 3.8) is 0 Å². The Morgan fingerprint density at radius 1 is 1.30 bits per heavy atom. The van der Waals surface area contributed by atoms with Gasteiger partial charge in [-0.3, -0.25) is 0 Å². The lowest BCUT2D eigenvalue weighted by atomic mass is 9.89. The van der Waals surface area contributed by atoms with Crippen molar-refractivity contribution in [3.05, 3.63) is 35.2 Å². The molecule has 0 aliphatic carbocycles. The molecule has 0 saturated heterocycles. The van der Waals surface area contributed by atoms with E-state index in [9.17, 15) is 0 Å². The van der Waals surface area contributed by atoms with Gasteiger partial charge in [0.1, 0.15) is 0 Å². The first-order chi connectivity index (χ1) is 9.52. The molecule has 0 amide bonds. The number of ether oxygens (including phenoxy) is 1. The van der Waals surface area contributed by atoms with Crippen molar-refractivity contribution in [2.75, 3.05) is 20.3 Å². The van der Waals surface area contributed by atoms with Crippen molar-refractivity contribution in [1.82, 2.24) is 5.32 Å². The zero-order valence-corrected chi connectivity index (χ0v) is 13.7. The third kappa shape index (κ3) is 4.05. The van der Waals surface area contributed by atoms with Crippen molar-refractivity contribution in [3.8, 4) is 0 Å². The Bertz CT molecular complexity index is 514. The van der Waals surface area contributed by atoms with E-state index in [1.165, 1.54) is 15.0 Å². The standard InChI is InChI=1S/C17H25NOS/c1-13(18-12-17(2,3)9-10-19-4)16-11-14-7-5-6-8-15(14)20-16/h5-8,11,13,18H,9-10,12H2,1-4H3. The number of fused-ring (bicyclic) bond motifs is 1. The number of benzene rings is 1. The summed E-state index contributed by atoms with van der Waals surface area (Å²) in [5.41, 5.74) is 0.265. The Hall–Kier alpha value is -0.900. The number of rotatable bonds is 7. The lowest BCUT2D eigenvalue weighted by molar-refractivity contribution is 0.149. The Morgan fingerprint density at radius 3 is 2.75 bits per heavy atom. The summed E-state index contributed by atoms with van der Waals surface area (Å²) < 4.78 is 6.55. The van der Waals surface area contributed by atoms with Gasteiger partial charge in [0.2, 0.25) is 0 Å². The highest BCUT2D eigenvalue weighted by molar-refractivity contribution is 7.19. The summed E-state index contributed by atoms with van der Waals surface area (Å²) in [4.78, 5) is 1.41. The van der Waals surface area contributed by atoms with E-state index in [1.807, 2.05) is 11.3 Å². The van der Waals surface area contributed by atoms with Crippen LogP contribution in [0.15, 0.2) is 30.3 Å². The number of methoxy groups -OCH3 is 1. The molecule has 2 rings (SSSR count). The van der Waals surface area contributed by atoms with Crippen LogP contribution in [0.1, 0.15) is 38.1 Å². The fraction of sp³-hybridized carbons (Fsp3) is 0.529. The van der Waals surface area contributed by atoms with E-state index < -0.39 is 0 Å². The summed E-state index contributed by atoms with van der Waals surface area (Å²) in [6.07, 6.45) is 1.08.